The molecule has 1 unspecified atom stereocenters. The van der Waals surface area contributed by atoms with Crippen molar-refractivity contribution in [2.24, 2.45) is 0 Å². The highest BCUT2D eigenvalue weighted by molar-refractivity contribution is 6.14. The zero-order valence-electron chi connectivity index (χ0n) is 16.9. The van der Waals surface area contributed by atoms with Crippen molar-refractivity contribution in [1.29, 1.82) is 0 Å². The zero-order chi connectivity index (χ0) is 20.8. The number of hydrogen-bond donors (Lipinski definition) is 1. The molecule has 0 aliphatic heterocycles. The lowest BCUT2D eigenvalue weighted by atomic mass is 10.0. The van der Waals surface area contributed by atoms with Crippen LogP contribution in [-0.4, -0.2) is 17.8 Å². The monoisotopic (exact) mass is 387 g/mol. The Morgan fingerprint density at radius 1 is 0.897 bits per heavy atom. The Morgan fingerprint density at radius 2 is 1.52 bits per heavy atom. The molecule has 0 aromatic heterocycles. The van der Waals surface area contributed by atoms with Crippen molar-refractivity contribution in [1.82, 2.24) is 0 Å². The molecule has 0 radical (unpaired) electrons. The summed E-state index contributed by atoms with van der Waals surface area (Å²) in [6.07, 6.45) is -0.149. The molecule has 1 amide bonds. The number of carbonyl (C=O) groups is 2. The van der Waals surface area contributed by atoms with Crippen LogP contribution >= 0.6 is 0 Å². The van der Waals surface area contributed by atoms with Gasteiger partial charge in [0.05, 0.1) is 5.69 Å². The maximum absolute atomic E-state index is 12.9. The number of benzene rings is 3. The lowest BCUT2D eigenvalue weighted by Gasteiger charge is -2.19. The predicted octanol–water partition coefficient (Wildman–Crippen LogP) is 5.33. The number of aryl methyl sites for hydroxylation is 2. The van der Waals surface area contributed by atoms with Crippen LogP contribution in [0.3, 0.4) is 0 Å². The van der Waals surface area contributed by atoms with Gasteiger partial charge in [-0.2, -0.15) is 0 Å². The van der Waals surface area contributed by atoms with E-state index in [0.717, 1.165) is 11.1 Å². The van der Waals surface area contributed by atoms with Crippen LogP contribution < -0.4 is 10.1 Å². The molecular formula is C25H25NO3. The summed E-state index contributed by atoms with van der Waals surface area (Å²) in [5.74, 6) is 0.253. The molecule has 0 fully saturated rings. The molecule has 3 aromatic carbocycles. The summed E-state index contributed by atoms with van der Waals surface area (Å²) in [5, 5.41) is 2.88. The number of para-hydroxylation sites is 1. The number of rotatable bonds is 7. The van der Waals surface area contributed by atoms with Crippen LogP contribution in [0.1, 0.15) is 40.4 Å². The largest absolute Gasteiger partial charge is 0.481 e. The van der Waals surface area contributed by atoms with Gasteiger partial charge in [0.1, 0.15) is 5.75 Å². The molecule has 0 saturated heterocycles. The van der Waals surface area contributed by atoms with Crippen LogP contribution in [0.2, 0.25) is 0 Å². The zero-order valence-corrected chi connectivity index (χ0v) is 16.9. The van der Waals surface area contributed by atoms with Crippen molar-refractivity contribution < 1.29 is 14.3 Å². The van der Waals surface area contributed by atoms with Gasteiger partial charge in [-0.3, -0.25) is 9.59 Å². The minimum atomic E-state index is -0.656. The van der Waals surface area contributed by atoms with Crippen LogP contribution in [0, 0.1) is 13.8 Å². The third-order valence-corrected chi connectivity index (χ3v) is 4.60. The van der Waals surface area contributed by atoms with E-state index in [4.69, 9.17) is 4.74 Å². The van der Waals surface area contributed by atoms with E-state index in [1.807, 2.05) is 51.1 Å². The SMILES string of the molecule is CCC(Oc1cc(C)cc(C)c1)C(=O)Nc1ccccc1C(=O)c1ccccc1. The minimum absolute atomic E-state index is 0.134. The first kappa shape index (κ1) is 20.3. The molecule has 0 aliphatic rings. The highest BCUT2D eigenvalue weighted by Crippen LogP contribution is 2.22. The Labute approximate surface area is 171 Å². The topological polar surface area (TPSA) is 55.4 Å². The van der Waals surface area contributed by atoms with Crippen molar-refractivity contribution >= 4 is 17.4 Å². The normalized spacial score (nSPS) is 11.6. The molecule has 0 saturated carbocycles. The van der Waals surface area contributed by atoms with E-state index in [1.165, 1.54) is 0 Å². The molecule has 0 aliphatic carbocycles. The first-order chi connectivity index (χ1) is 14.0. The van der Waals surface area contributed by atoms with Gasteiger partial charge >= 0.3 is 0 Å². The second-order valence-corrected chi connectivity index (χ2v) is 7.07. The van der Waals surface area contributed by atoms with Gasteiger partial charge in [0.15, 0.2) is 11.9 Å². The Kier molecular flexibility index (Phi) is 6.45. The number of carbonyl (C=O) groups excluding carboxylic acids is 2. The predicted molar refractivity (Wildman–Crippen MR) is 116 cm³/mol. The maximum atomic E-state index is 12.9. The molecule has 4 heteroatoms. The van der Waals surface area contributed by atoms with Gasteiger partial charge in [0.25, 0.3) is 5.91 Å². The molecule has 1 N–H and O–H groups in total. The summed E-state index contributed by atoms with van der Waals surface area (Å²) in [6, 6.07) is 21.9. The number of nitrogens with one attached hydrogen (secondary N) is 1. The summed E-state index contributed by atoms with van der Waals surface area (Å²) >= 11 is 0. The van der Waals surface area contributed by atoms with E-state index in [-0.39, 0.29) is 11.7 Å². The van der Waals surface area contributed by atoms with Gasteiger partial charge in [0.2, 0.25) is 0 Å². The van der Waals surface area contributed by atoms with Crippen LogP contribution in [0.15, 0.2) is 72.8 Å². The van der Waals surface area contributed by atoms with Gasteiger partial charge in [-0.1, -0.05) is 55.5 Å². The van der Waals surface area contributed by atoms with E-state index >= 15 is 0 Å². The summed E-state index contributed by atoms with van der Waals surface area (Å²) < 4.78 is 5.95. The average Bonchev–Trinajstić information content (AvgIpc) is 2.71. The summed E-state index contributed by atoms with van der Waals surface area (Å²) in [4.78, 5) is 25.8. The fourth-order valence-electron chi connectivity index (χ4n) is 3.24. The number of anilines is 1. The average molecular weight is 387 g/mol. The molecule has 4 nitrogen and oxygen atoms in total. The van der Waals surface area contributed by atoms with Crippen LogP contribution in [0.25, 0.3) is 0 Å². The molecule has 29 heavy (non-hydrogen) atoms. The Hall–Kier alpha value is -3.40. The van der Waals surface area contributed by atoms with E-state index in [9.17, 15) is 9.59 Å². The maximum Gasteiger partial charge on any atom is 0.265 e. The van der Waals surface area contributed by atoms with Crippen molar-refractivity contribution in [3.8, 4) is 5.75 Å². The highest BCUT2D eigenvalue weighted by Gasteiger charge is 2.21. The Balaban J connectivity index is 1.80. The highest BCUT2D eigenvalue weighted by atomic mass is 16.5. The first-order valence-electron chi connectivity index (χ1n) is 9.72. The molecule has 3 aromatic rings. The summed E-state index contributed by atoms with van der Waals surface area (Å²) in [5.41, 5.74) is 3.66. The standard InChI is InChI=1S/C25H25NO3/c1-4-23(29-20-15-17(2)14-18(3)16-20)25(28)26-22-13-9-8-12-21(22)24(27)19-10-6-5-7-11-19/h5-16,23H,4H2,1-3H3,(H,26,28). The quantitative estimate of drug-likeness (QED) is 0.558. The lowest BCUT2D eigenvalue weighted by molar-refractivity contribution is -0.122. The summed E-state index contributed by atoms with van der Waals surface area (Å²) in [6.45, 7) is 5.88. The smallest absolute Gasteiger partial charge is 0.265 e. The van der Waals surface area contributed by atoms with Gasteiger partial charge < -0.3 is 10.1 Å². The first-order valence-corrected chi connectivity index (χ1v) is 9.72. The number of amides is 1. The fourth-order valence-corrected chi connectivity index (χ4v) is 3.24. The molecule has 1 atom stereocenters. The van der Waals surface area contributed by atoms with E-state index in [2.05, 4.69) is 11.4 Å². The van der Waals surface area contributed by atoms with Crippen molar-refractivity contribution in [2.75, 3.05) is 5.32 Å². The lowest BCUT2D eigenvalue weighted by Crippen LogP contribution is -2.33. The molecule has 3 rings (SSSR count). The van der Waals surface area contributed by atoms with E-state index < -0.39 is 6.10 Å². The third-order valence-electron chi connectivity index (χ3n) is 4.60. The van der Waals surface area contributed by atoms with Crippen LogP contribution in [-0.2, 0) is 4.79 Å². The fraction of sp³-hybridized carbons (Fsp3) is 0.200. The minimum Gasteiger partial charge on any atom is -0.481 e. The second-order valence-electron chi connectivity index (χ2n) is 7.07. The van der Waals surface area contributed by atoms with E-state index in [1.54, 1.807) is 36.4 Å². The van der Waals surface area contributed by atoms with Gasteiger partial charge in [-0.15, -0.1) is 0 Å². The van der Waals surface area contributed by atoms with Gasteiger partial charge in [-0.25, -0.2) is 0 Å². The molecule has 0 bridgehead atoms. The summed E-state index contributed by atoms with van der Waals surface area (Å²) in [7, 11) is 0. The van der Waals surface area contributed by atoms with Crippen molar-refractivity contribution in [3.63, 3.8) is 0 Å². The van der Waals surface area contributed by atoms with Crippen molar-refractivity contribution in [3.05, 3.63) is 95.1 Å². The second kappa shape index (κ2) is 9.20. The number of hydrogen-bond acceptors (Lipinski definition) is 3. The molecule has 0 heterocycles. The molecule has 0 spiro atoms. The third kappa shape index (κ3) is 5.11. The number of ether oxygens (including phenoxy) is 1. The molecule has 148 valence electrons. The van der Waals surface area contributed by atoms with E-state index in [0.29, 0.717) is 29.0 Å². The van der Waals surface area contributed by atoms with Crippen LogP contribution in [0.5, 0.6) is 5.75 Å². The molecular weight excluding hydrogens is 362 g/mol. The van der Waals surface area contributed by atoms with Crippen molar-refractivity contribution in [2.45, 2.75) is 33.3 Å². The number of ketones is 1. The Bertz CT molecular complexity index is 991. The Morgan fingerprint density at radius 3 is 2.17 bits per heavy atom. The van der Waals surface area contributed by atoms with Crippen LogP contribution in [0.4, 0.5) is 5.69 Å². The van der Waals surface area contributed by atoms with Gasteiger partial charge in [0, 0.05) is 11.1 Å². The van der Waals surface area contributed by atoms with Gasteiger partial charge in [-0.05, 0) is 55.7 Å².